The first-order valence-corrected chi connectivity index (χ1v) is 13.1. The fourth-order valence-electron chi connectivity index (χ4n) is 5.33. The summed E-state index contributed by atoms with van der Waals surface area (Å²) in [5, 5.41) is 2.95. The monoisotopic (exact) mass is 486 g/mol. The van der Waals surface area contributed by atoms with E-state index in [0.717, 1.165) is 17.5 Å². The Morgan fingerprint density at radius 1 is 1.29 bits per heavy atom. The molecule has 35 heavy (non-hydrogen) atoms. The van der Waals surface area contributed by atoms with E-state index in [4.69, 9.17) is 14.2 Å². The van der Waals surface area contributed by atoms with Crippen molar-refractivity contribution in [3.05, 3.63) is 29.6 Å². The molecule has 0 aromatic carbocycles. The Hall–Kier alpha value is -2.15. The van der Waals surface area contributed by atoms with Crippen molar-refractivity contribution in [2.45, 2.75) is 116 Å². The number of alkyl carbamates (subject to hydrolysis) is 1. The number of esters is 1. The number of hydrogen-bond acceptors (Lipinski definition) is 6. The molecule has 194 valence electrons. The molecule has 0 radical (unpaired) electrons. The second kappa shape index (κ2) is 9.38. The van der Waals surface area contributed by atoms with Gasteiger partial charge in [-0.25, -0.2) is 9.59 Å². The minimum absolute atomic E-state index is 0.195. The van der Waals surface area contributed by atoms with Gasteiger partial charge in [-0.1, -0.05) is 26.7 Å². The third-order valence-electron chi connectivity index (χ3n) is 7.04. The van der Waals surface area contributed by atoms with Crippen molar-refractivity contribution in [2.75, 3.05) is 0 Å². The number of carbonyl (C=O) groups excluding carboxylic acids is 2. The third kappa shape index (κ3) is 6.54. The minimum atomic E-state index is -1.40. The lowest BCUT2D eigenvalue weighted by Gasteiger charge is -2.36. The number of nitrogens with zero attached hydrogens (tertiary/aromatic N) is 1. The van der Waals surface area contributed by atoms with Crippen LogP contribution in [0, 0.1) is 17.8 Å². The summed E-state index contributed by atoms with van der Waals surface area (Å²) in [4.78, 5) is 30.9. The summed E-state index contributed by atoms with van der Waals surface area (Å²) in [6.07, 6.45) is 7.31. The maximum atomic E-state index is 13.5. The Morgan fingerprint density at radius 3 is 2.57 bits per heavy atom. The number of carbonyl (C=O) groups is 2. The van der Waals surface area contributed by atoms with Crippen molar-refractivity contribution >= 4 is 12.1 Å². The number of aromatic nitrogens is 1. The van der Waals surface area contributed by atoms with E-state index in [-0.39, 0.29) is 12.3 Å². The van der Waals surface area contributed by atoms with Gasteiger partial charge in [0.15, 0.2) is 5.60 Å². The molecule has 3 fully saturated rings. The zero-order valence-corrected chi connectivity index (χ0v) is 22.3. The molecule has 1 aliphatic heterocycles. The predicted molar refractivity (Wildman–Crippen MR) is 133 cm³/mol. The van der Waals surface area contributed by atoms with Gasteiger partial charge in [0, 0.05) is 32.2 Å². The Morgan fingerprint density at radius 2 is 2.00 bits per heavy atom. The van der Waals surface area contributed by atoms with Gasteiger partial charge in [-0.3, -0.25) is 4.98 Å². The highest BCUT2D eigenvalue weighted by molar-refractivity contribution is 5.84. The van der Waals surface area contributed by atoms with E-state index in [1.54, 1.807) is 13.8 Å². The highest BCUT2D eigenvalue weighted by atomic mass is 16.8. The lowest BCUT2D eigenvalue weighted by Crippen LogP contribution is -2.59. The molecule has 1 unspecified atom stereocenters. The quantitative estimate of drug-likeness (QED) is 0.463. The van der Waals surface area contributed by atoms with Crippen molar-refractivity contribution in [3.63, 3.8) is 0 Å². The molecule has 1 saturated heterocycles. The molecule has 3 aliphatic rings. The molecule has 2 saturated carbocycles. The number of nitrogens with one attached hydrogen (secondary N) is 1. The average molecular weight is 487 g/mol. The Bertz CT molecular complexity index is 949. The molecule has 0 spiro atoms. The van der Waals surface area contributed by atoms with Crippen LogP contribution in [0.15, 0.2) is 18.3 Å². The van der Waals surface area contributed by atoms with Gasteiger partial charge in [0.1, 0.15) is 5.60 Å². The smallest absolute Gasteiger partial charge is 0.407 e. The second-order valence-corrected chi connectivity index (χ2v) is 12.6. The van der Waals surface area contributed by atoms with E-state index < -0.39 is 35.1 Å². The molecular weight excluding hydrogens is 444 g/mol. The van der Waals surface area contributed by atoms with Crippen LogP contribution in [0.1, 0.15) is 97.7 Å². The maximum absolute atomic E-state index is 13.5. The highest BCUT2D eigenvalue weighted by Crippen LogP contribution is 2.54. The first-order valence-electron chi connectivity index (χ1n) is 13.1. The van der Waals surface area contributed by atoms with Crippen LogP contribution in [-0.2, 0) is 25.4 Å². The van der Waals surface area contributed by atoms with Crippen LogP contribution >= 0.6 is 0 Å². The summed E-state index contributed by atoms with van der Waals surface area (Å²) in [5.74, 6) is 0.878. The van der Waals surface area contributed by atoms with Crippen molar-refractivity contribution in [1.82, 2.24) is 10.3 Å². The zero-order valence-electron chi connectivity index (χ0n) is 22.3. The van der Waals surface area contributed by atoms with Gasteiger partial charge in [0.2, 0.25) is 5.79 Å². The summed E-state index contributed by atoms with van der Waals surface area (Å²) >= 11 is 0. The van der Waals surface area contributed by atoms with Crippen LogP contribution in [0.2, 0.25) is 0 Å². The second-order valence-electron chi connectivity index (χ2n) is 12.6. The summed E-state index contributed by atoms with van der Waals surface area (Å²) in [6.45, 7) is 13.0. The number of pyridine rings is 1. The predicted octanol–water partition coefficient (Wildman–Crippen LogP) is 5.52. The van der Waals surface area contributed by atoms with E-state index in [0.29, 0.717) is 12.3 Å². The summed E-state index contributed by atoms with van der Waals surface area (Å²) in [7, 11) is 0. The lowest BCUT2D eigenvalue weighted by molar-refractivity contribution is -0.170. The molecule has 2 heterocycles. The van der Waals surface area contributed by atoms with Gasteiger partial charge >= 0.3 is 12.1 Å². The van der Waals surface area contributed by atoms with Crippen LogP contribution in [0.25, 0.3) is 0 Å². The number of ether oxygens (including phenoxy) is 3. The fraction of sp³-hybridized carbons (Fsp3) is 0.750. The Labute approximate surface area is 209 Å². The Balaban J connectivity index is 1.60. The molecule has 1 aromatic heterocycles. The number of rotatable bonds is 9. The maximum Gasteiger partial charge on any atom is 0.407 e. The van der Waals surface area contributed by atoms with Crippen LogP contribution in [0.4, 0.5) is 4.79 Å². The van der Waals surface area contributed by atoms with Crippen LogP contribution in [0.3, 0.4) is 0 Å². The zero-order chi connectivity index (χ0) is 25.6. The lowest BCUT2D eigenvalue weighted by atomic mass is 9.83. The molecule has 1 amide bonds. The molecule has 7 heteroatoms. The molecule has 4 rings (SSSR count). The fourth-order valence-corrected chi connectivity index (χ4v) is 5.33. The first kappa shape index (κ1) is 25.9. The molecular formula is C28H42N2O5. The molecule has 1 N–H and O–H groups in total. The number of hydrogen-bond donors (Lipinski definition) is 1. The van der Waals surface area contributed by atoms with Crippen LogP contribution in [0.5, 0.6) is 0 Å². The van der Waals surface area contributed by atoms with Crippen molar-refractivity contribution in [2.24, 2.45) is 17.8 Å². The van der Waals surface area contributed by atoms with Crippen molar-refractivity contribution in [1.29, 1.82) is 0 Å². The summed E-state index contributed by atoms with van der Waals surface area (Å²) in [6, 6.07) is 3.57. The molecule has 0 bridgehead atoms. The van der Waals surface area contributed by atoms with Gasteiger partial charge in [0.05, 0.1) is 6.04 Å². The van der Waals surface area contributed by atoms with Crippen LogP contribution in [-0.4, -0.2) is 40.1 Å². The van der Waals surface area contributed by atoms with E-state index in [1.165, 1.54) is 31.2 Å². The molecule has 1 aromatic rings. The number of amides is 1. The Kier molecular flexibility index (Phi) is 6.95. The third-order valence-corrected chi connectivity index (χ3v) is 7.04. The normalized spacial score (nSPS) is 28.5. The summed E-state index contributed by atoms with van der Waals surface area (Å²) in [5.41, 5.74) is -0.00344. The minimum Gasteiger partial charge on any atom is -0.444 e. The average Bonchev–Trinajstić information content (AvgIpc) is 3.62. The van der Waals surface area contributed by atoms with E-state index >= 15 is 0 Å². The van der Waals surface area contributed by atoms with Gasteiger partial charge < -0.3 is 19.5 Å². The van der Waals surface area contributed by atoms with E-state index in [2.05, 4.69) is 36.3 Å². The van der Waals surface area contributed by atoms with E-state index in [9.17, 15) is 9.59 Å². The summed E-state index contributed by atoms with van der Waals surface area (Å²) < 4.78 is 17.5. The molecule has 7 nitrogen and oxygen atoms in total. The largest absolute Gasteiger partial charge is 0.444 e. The first-order chi connectivity index (χ1) is 16.3. The van der Waals surface area contributed by atoms with Crippen molar-refractivity contribution < 1.29 is 23.8 Å². The molecule has 2 aliphatic carbocycles. The van der Waals surface area contributed by atoms with Crippen molar-refractivity contribution in [3.8, 4) is 0 Å². The van der Waals surface area contributed by atoms with Gasteiger partial charge in [-0.05, 0) is 81.4 Å². The standard InChI is InChI=1S/C28H42N2O5/c1-17(2)12-23(30-25(32)34-26(3,4)5)28(24(31)33-27(6,7)35-28)16-21-14-19(10-11-29-21)22-15-20(22)13-18-8-9-18/h10-11,14,17-18,20,22-23H,8-9,12-13,15-16H2,1-7H3,(H,30,32)/t20-,22+,23?,28-/m1/s1. The molecule has 4 atom stereocenters. The topological polar surface area (TPSA) is 86.8 Å². The van der Waals surface area contributed by atoms with Gasteiger partial charge in [0.25, 0.3) is 0 Å². The van der Waals surface area contributed by atoms with Crippen LogP contribution < -0.4 is 5.32 Å². The van der Waals surface area contributed by atoms with Gasteiger partial charge in [-0.15, -0.1) is 0 Å². The van der Waals surface area contributed by atoms with Gasteiger partial charge in [-0.2, -0.15) is 0 Å². The highest BCUT2D eigenvalue weighted by Gasteiger charge is 2.59. The van der Waals surface area contributed by atoms with E-state index in [1.807, 2.05) is 27.0 Å². The number of cyclic esters (lactones) is 1. The SMILES string of the molecule is CC(C)CC(NC(=O)OC(C)(C)C)[C@@]1(Cc2cc([C@@H]3C[C@H]3CC3CC3)ccn2)OC(C)(C)OC1=O.